The van der Waals surface area contributed by atoms with Crippen molar-refractivity contribution < 1.29 is 9.47 Å². The molecule has 1 aromatic heterocycles. The zero-order chi connectivity index (χ0) is 20.4. The van der Waals surface area contributed by atoms with Gasteiger partial charge in [-0.3, -0.25) is 9.36 Å². The number of methoxy groups -OCH3 is 2. The van der Waals surface area contributed by atoms with Crippen molar-refractivity contribution in [3.63, 3.8) is 0 Å². The van der Waals surface area contributed by atoms with Crippen molar-refractivity contribution in [1.29, 1.82) is 0 Å². The summed E-state index contributed by atoms with van der Waals surface area (Å²) in [5, 5.41) is 0.603. The van der Waals surface area contributed by atoms with Crippen LogP contribution in [0.3, 0.4) is 0 Å². The van der Waals surface area contributed by atoms with Gasteiger partial charge in [0.25, 0.3) is 5.56 Å². The predicted molar refractivity (Wildman–Crippen MR) is 122 cm³/mol. The zero-order valence-corrected chi connectivity index (χ0v) is 18.2. The third kappa shape index (κ3) is 3.85. The highest BCUT2D eigenvalue weighted by molar-refractivity contribution is 14.1. The van der Waals surface area contributed by atoms with E-state index in [0.29, 0.717) is 10.9 Å². The minimum Gasteiger partial charge on any atom is -0.497 e. The van der Waals surface area contributed by atoms with Crippen LogP contribution in [0.1, 0.15) is 17.2 Å². The minimum absolute atomic E-state index is 0.0786. The monoisotopic (exact) mass is 498 g/mol. The van der Waals surface area contributed by atoms with Crippen molar-refractivity contribution in [2.45, 2.75) is 6.04 Å². The number of hydrogen-bond acceptors (Lipinski definition) is 4. The summed E-state index contributed by atoms with van der Waals surface area (Å²) in [7, 11) is 3.27. The van der Waals surface area contributed by atoms with Gasteiger partial charge in [-0.05, 0) is 76.2 Å². The molecule has 0 bridgehead atoms. The van der Waals surface area contributed by atoms with Crippen molar-refractivity contribution in [2.75, 3.05) is 14.2 Å². The lowest BCUT2D eigenvalue weighted by Gasteiger charge is -2.21. The van der Waals surface area contributed by atoms with Crippen LogP contribution in [0.25, 0.3) is 10.9 Å². The number of benzene rings is 3. The van der Waals surface area contributed by atoms with E-state index >= 15 is 0 Å². The molecule has 4 aromatic rings. The summed E-state index contributed by atoms with van der Waals surface area (Å²) in [4.78, 5) is 17.9. The fraction of sp³-hybridized carbons (Fsp3) is 0.130. The average Bonchev–Trinajstić information content (AvgIpc) is 2.77. The third-order valence-electron chi connectivity index (χ3n) is 4.89. The lowest BCUT2D eigenvalue weighted by Crippen LogP contribution is -2.26. The van der Waals surface area contributed by atoms with Crippen LogP contribution < -0.4 is 15.0 Å². The van der Waals surface area contributed by atoms with E-state index in [0.717, 1.165) is 26.2 Å². The second-order valence-electron chi connectivity index (χ2n) is 6.57. The Labute approximate surface area is 182 Å². The molecule has 0 aliphatic carbocycles. The Hall–Kier alpha value is -2.87. The maximum atomic E-state index is 13.4. The first kappa shape index (κ1) is 19.4. The van der Waals surface area contributed by atoms with Gasteiger partial charge in [0.15, 0.2) is 0 Å². The first-order valence-corrected chi connectivity index (χ1v) is 10.1. The van der Waals surface area contributed by atoms with Gasteiger partial charge < -0.3 is 9.47 Å². The van der Waals surface area contributed by atoms with Crippen LogP contribution in [0.2, 0.25) is 0 Å². The van der Waals surface area contributed by atoms with Gasteiger partial charge in [0.2, 0.25) is 0 Å². The molecular weight excluding hydrogens is 479 g/mol. The Morgan fingerprint density at radius 3 is 1.93 bits per heavy atom. The highest BCUT2D eigenvalue weighted by atomic mass is 127. The summed E-state index contributed by atoms with van der Waals surface area (Å²) in [5.74, 6) is 1.53. The van der Waals surface area contributed by atoms with Gasteiger partial charge in [-0.2, -0.15) is 0 Å². The summed E-state index contributed by atoms with van der Waals surface area (Å²) in [6.07, 6.45) is 1.62. The maximum Gasteiger partial charge on any atom is 0.262 e. The Bertz CT molecular complexity index is 1150. The fourth-order valence-electron chi connectivity index (χ4n) is 3.38. The fourth-order valence-corrected chi connectivity index (χ4v) is 3.87. The van der Waals surface area contributed by atoms with E-state index in [9.17, 15) is 4.79 Å². The second kappa shape index (κ2) is 8.24. The lowest BCUT2D eigenvalue weighted by atomic mass is 9.98. The summed E-state index contributed by atoms with van der Waals surface area (Å²) in [6, 6.07) is 20.8. The van der Waals surface area contributed by atoms with E-state index in [4.69, 9.17) is 9.47 Å². The molecule has 5 nitrogen and oxygen atoms in total. The summed E-state index contributed by atoms with van der Waals surface area (Å²) in [5.41, 5.74) is 2.54. The summed E-state index contributed by atoms with van der Waals surface area (Å²) >= 11 is 2.21. The molecule has 0 atom stereocenters. The first-order chi connectivity index (χ1) is 14.1. The number of rotatable bonds is 5. The Morgan fingerprint density at radius 2 is 1.41 bits per heavy atom. The largest absolute Gasteiger partial charge is 0.497 e. The van der Waals surface area contributed by atoms with Crippen molar-refractivity contribution in [3.8, 4) is 11.5 Å². The molecule has 0 saturated carbocycles. The number of aromatic nitrogens is 2. The second-order valence-corrected chi connectivity index (χ2v) is 7.81. The van der Waals surface area contributed by atoms with E-state index in [-0.39, 0.29) is 11.6 Å². The van der Waals surface area contributed by atoms with Gasteiger partial charge in [0.1, 0.15) is 11.5 Å². The SMILES string of the molecule is COc1ccc(C(c2ccc(OC)cc2)n2cnc3ccc(I)cc3c2=O)cc1. The average molecular weight is 498 g/mol. The van der Waals surface area contributed by atoms with E-state index in [1.165, 1.54) is 0 Å². The van der Waals surface area contributed by atoms with Crippen LogP contribution in [0, 0.1) is 3.57 Å². The van der Waals surface area contributed by atoms with Crippen LogP contribution >= 0.6 is 22.6 Å². The quantitative estimate of drug-likeness (QED) is 0.376. The van der Waals surface area contributed by atoms with Gasteiger partial charge in [-0.15, -0.1) is 0 Å². The molecule has 0 radical (unpaired) electrons. The molecular formula is C23H19IN2O3. The van der Waals surface area contributed by atoms with Gasteiger partial charge in [-0.25, -0.2) is 4.98 Å². The van der Waals surface area contributed by atoms with Crippen LogP contribution in [0.15, 0.2) is 77.9 Å². The van der Waals surface area contributed by atoms with E-state index in [1.54, 1.807) is 25.1 Å². The normalized spacial score (nSPS) is 11.0. The molecule has 1 heterocycles. The van der Waals surface area contributed by atoms with Crippen molar-refractivity contribution in [2.24, 2.45) is 0 Å². The molecule has 0 amide bonds. The van der Waals surface area contributed by atoms with Crippen LogP contribution in [0.5, 0.6) is 11.5 Å². The van der Waals surface area contributed by atoms with Crippen molar-refractivity contribution >= 4 is 33.5 Å². The number of nitrogens with zero attached hydrogens (tertiary/aromatic N) is 2. The number of ether oxygens (including phenoxy) is 2. The van der Waals surface area contributed by atoms with Gasteiger partial charge in [0, 0.05) is 3.57 Å². The van der Waals surface area contributed by atoms with Gasteiger partial charge >= 0.3 is 0 Å². The third-order valence-corrected chi connectivity index (χ3v) is 5.56. The number of halogens is 1. The molecule has 6 heteroatoms. The maximum absolute atomic E-state index is 13.4. The Balaban J connectivity index is 1.92. The van der Waals surface area contributed by atoms with Crippen molar-refractivity contribution in [1.82, 2.24) is 9.55 Å². The van der Waals surface area contributed by atoms with E-state index < -0.39 is 0 Å². The molecule has 0 saturated heterocycles. The van der Waals surface area contributed by atoms with Gasteiger partial charge in [0.05, 0.1) is 37.5 Å². The van der Waals surface area contributed by atoms with E-state index in [2.05, 4.69) is 27.6 Å². The van der Waals surface area contributed by atoms with E-state index in [1.807, 2.05) is 66.7 Å². The van der Waals surface area contributed by atoms with Crippen LogP contribution in [0.4, 0.5) is 0 Å². The molecule has 29 heavy (non-hydrogen) atoms. The molecule has 3 aromatic carbocycles. The molecule has 0 N–H and O–H groups in total. The molecule has 0 spiro atoms. The highest BCUT2D eigenvalue weighted by Gasteiger charge is 2.19. The molecule has 146 valence electrons. The highest BCUT2D eigenvalue weighted by Crippen LogP contribution is 2.29. The Morgan fingerprint density at radius 1 is 0.862 bits per heavy atom. The summed E-state index contributed by atoms with van der Waals surface area (Å²) in [6.45, 7) is 0. The van der Waals surface area contributed by atoms with Crippen LogP contribution in [-0.4, -0.2) is 23.8 Å². The Kier molecular flexibility index (Phi) is 5.53. The molecule has 0 aliphatic heterocycles. The molecule has 0 aliphatic rings. The molecule has 0 unspecified atom stereocenters. The van der Waals surface area contributed by atoms with Crippen molar-refractivity contribution in [3.05, 3.63) is 98.1 Å². The molecule has 4 rings (SSSR count). The smallest absolute Gasteiger partial charge is 0.262 e. The first-order valence-electron chi connectivity index (χ1n) is 9.05. The summed E-state index contributed by atoms with van der Waals surface area (Å²) < 4.78 is 13.3. The number of fused-ring (bicyclic) bond motifs is 1. The zero-order valence-electron chi connectivity index (χ0n) is 16.0. The lowest BCUT2D eigenvalue weighted by molar-refractivity contribution is 0.414. The van der Waals surface area contributed by atoms with Crippen LogP contribution in [-0.2, 0) is 0 Å². The topological polar surface area (TPSA) is 53.4 Å². The predicted octanol–water partition coefficient (Wildman–Crippen LogP) is 4.66. The minimum atomic E-state index is -0.325. The number of hydrogen-bond donors (Lipinski definition) is 0. The standard InChI is InChI=1S/C23H19IN2O3/c1-28-18-8-3-15(4-9-18)22(16-5-10-19(29-2)11-6-16)26-14-25-21-12-7-17(24)13-20(21)23(26)27/h3-14,22H,1-2H3. The molecule has 0 fully saturated rings. The van der Waals surface area contributed by atoms with Gasteiger partial charge in [-0.1, -0.05) is 24.3 Å².